The number of benzene rings is 1. The zero-order chi connectivity index (χ0) is 13.9. The van der Waals surface area contributed by atoms with Crippen molar-refractivity contribution in [1.82, 2.24) is 0 Å². The third kappa shape index (κ3) is 1.51. The topological polar surface area (TPSA) is 26.3 Å². The Hall–Kier alpha value is -2.22. The summed E-state index contributed by atoms with van der Waals surface area (Å²) >= 11 is 0. The smallest absolute Gasteiger partial charge is 0.145 e. The van der Waals surface area contributed by atoms with Gasteiger partial charge in [-0.1, -0.05) is 17.7 Å². The fraction of sp³-hybridized carbons (Fsp3) is 0.222. The molecule has 20 heavy (non-hydrogen) atoms. The second-order valence-corrected chi connectivity index (χ2v) is 5.59. The first kappa shape index (κ1) is 11.6. The summed E-state index contributed by atoms with van der Waals surface area (Å²) in [6.07, 6.45) is 3.03. The third-order valence-electron chi connectivity index (χ3n) is 4.02. The Morgan fingerprint density at radius 1 is 1.00 bits per heavy atom. The maximum atomic E-state index is 6.04. The van der Waals surface area contributed by atoms with E-state index in [9.17, 15) is 0 Å². The van der Waals surface area contributed by atoms with E-state index in [0.717, 1.165) is 40.2 Å². The summed E-state index contributed by atoms with van der Waals surface area (Å²) in [5.41, 5.74) is 5.74. The molecular weight excluding hydrogens is 248 g/mol. The number of rotatable bonds is 0. The van der Waals surface area contributed by atoms with Crippen LogP contribution in [0.2, 0.25) is 0 Å². The molecule has 0 fully saturated rings. The predicted octanol–water partition coefficient (Wildman–Crippen LogP) is 5.27. The molecule has 1 aromatic carbocycles. The van der Waals surface area contributed by atoms with Crippen LogP contribution >= 0.6 is 0 Å². The van der Waals surface area contributed by atoms with E-state index in [-0.39, 0.29) is 0 Å². The molecule has 3 aromatic rings. The Labute approximate surface area is 117 Å². The first-order valence-corrected chi connectivity index (χ1v) is 6.93. The van der Waals surface area contributed by atoms with Crippen molar-refractivity contribution in [2.75, 3.05) is 0 Å². The summed E-state index contributed by atoms with van der Waals surface area (Å²) < 4.78 is 12.0. The van der Waals surface area contributed by atoms with E-state index in [1.165, 1.54) is 16.7 Å². The van der Waals surface area contributed by atoms with Crippen molar-refractivity contribution in [3.05, 3.63) is 53.0 Å². The molecule has 1 aliphatic carbocycles. The monoisotopic (exact) mass is 264 g/mol. The summed E-state index contributed by atoms with van der Waals surface area (Å²) in [6, 6.07) is 8.43. The quantitative estimate of drug-likeness (QED) is 0.553. The molecule has 2 heteroatoms. The second kappa shape index (κ2) is 3.89. The molecule has 1 aliphatic rings. The molecule has 0 N–H and O–H groups in total. The van der Waals surface area contributed by atoms with Gasteiger partial charge in [0.2, 0.25) is 0 Å². The van der Waals surface area contributed by atoms with Gasteiger partial charge in [0.05, 0.1) is 5.56 Å². The van der Waals surface area contributed by atoms with Gasteiger partial charge >= 0.3 is 0 Å². The zero-order valence-corrected chi connectivity index (χ0v) is 11.9. The van der Waals surface area contributed by atoms with Crippen LogP contribution in [0.25, 0.3) is 27.9 Å². The average Bonchev–Trinajstić information content (AvgIpc) is 2.92. The molecule has 0 amide bonds. The van der Waals surface area contributed by atoms with Crippen LogP contribution in [0.5, 0.6) is 0 Å². The average molecular weight is 264 g/mol. The molecule has 0 aliphatic heterocycles. The molecule has 0 spiro atoms. The Bertz CT molecular complexity index is 859. The van der Waals surface area contributed by atoms with Crippen molar-refractivity contribution in [3.8, 4) is 11.3 Å². The SMILES string of the molecule is CC1=CCc2oc3ccc(C)cc3c2-c2oc(C)cc21. The van der Waals surface area contributed by atoms with E-state index in [1.54, 1.807) is 0 Å². The van der Waals surface area contributed by atoms with E-state index in [4.69, 9.17) is 8.83 Å². The van der Waals surface area contributed by atoms with Crippen LogP contribution in [0, 0.1) is 13.8 Å². The summed E-state index contributed by atoms with van der Waals surface area (Å²) in [5, 5.41) is 1.15. The van der Waals surface area contributed by atoms with Gasteiger partial charge in [-0.15, -0.1) is 0 Å². The van der Waals surface area contributed by atoms with Crippen LogP contribution in [-0.2, 0) is 6.42 Å². The van der Waals surface area contributed by atoms with Crippen LogP contribution in [0.3, 0.4) is 0 Å². The van der Waals surface area contributed by atoms with Gasteiger partial charge in [-0.05, 0) is 44.5 Å². The molecule has 0 atom stereocenters. The van der Waals surface area contributed by atoms with Crippen LogP contribution in [0.4, 0.5) is 0 Å². The minimum absolute atomic E-state index is 0.818. The summed E-state index contributed by atoms with van der Waals surface area (Å²) in [7, 11) is 0. The lowest BCUT2D eigenvalue weighted by Gasteiger charge is -2.00. The molecule has 0 bridgehead atoms. The molecule has 4 rings (SSSR count). The highest BCUT2D eigenvalue weighted by atomic mass is 16.4. The fourth-order valence-corrected chi connectivity index (χ4v) is 3.00. The van der Waals surface area contributed by atoms with Gasteiger partial charge in [0.25, 0.3) is 0 Å². The molecule has 0 saturated heterocycles. The predicted molar refractivity (Wildman–Crippen MR) is 80.7 cm³/mol. The van der Waals surface area contributed by atoms with E-state index < -0.39 is 0 Å². The molecule has 100 valence electrons. The van der Waals surface area contributed by atoms with Crippen molar-refractivity contribution in [3.63, 3.8) is 0 Å². The zero-order valence-electron chi connectivity index (χ0n) is 11.9. The van der Waals surface area contributed by atoms with Crippen LogP contribution in [0.1, 0.15) is 29.6 Å². The number of aryl methyl sites for hydroxylation is 2. The summed E-state index contributed by atoms with van der Waals surface area (Å²) in [4.78, 5) is 0. The molecule has 2 nitrogen and oxygen atoms in total. The molecular formula is C18H16O2. The van der Waals surface area contributed by atoms with Crippen LogP contribution < -0.4 is 0 Å². The lowest BCUT2D eigenvalue weighted by Crippen LogP contribution is -1.81. The van der Waals surface area contributed by atoms with Gasteiger partial charge in [0.15, 0.2) is 0 Å². The number of fused-ring (bicyclic) bond motifs is 5. The van der Waals surface area contributed by atoms with Crippen molar-refractivity contribution < 1.29 is 8.83 Å². The van der Waals surface area contributed by atoms with E-state index >= 15 is 0 Å². The minimum atomic E-state index is 0.818. The Morgan fingerprint density at radius 3 is 2.70 bits per heavy atom. The van der Waals surface area contributed by atoms with E-state index in [0.29, 0.717) is 0 Å². The molecule has 2 heterocycles. The first-order chi connectivity index (χ1) is 9.63. The lowest BCUT2D eigenvalue weighted by molar-refractivity contribution is 0.538. The fourth-order valence-electron chi connectivity index (χ4n) is 3.00. The normalized spacial score (nSPS) is 13.8. The third-order valence-corrected chi connectivity index (χ3v) is 4.02. The maximum absolute atomic E-state index is 6.04. The summed E-state index contributed by atoms with van der Waals surface area (Å²) in [6.45, 7) is 6.23. The number of hydrogen-bond donors (Lipinski definition) is 0. The van der Waals surface area contributed by atoms with Gasteiger partial charge in [0.1, 0.15) is 22.9 Å². The molecule has 2 aromatic heterocycles. The highest BCUT2D eigenvalue weighted by Gasteiger charge is 2.24. The molecule has 0 saturated carbocycles. The van der Waals surface area contributed by atoms with Gasteiger partial charge < -0.3 is 8.83 Å². The van der Waals surface area contributed by atoms with E-state index in [1.807, 2.05) is 13.0 Å². The standard InChI is InChI=1S/C18H16O2/c1-10-4-6-15-14(8-10)17-16(20-15)7-5-11(2)13-9-12(3)19-18(13)17/h4-6,8-9H,7H2,1-3H3. The van der Waals surface area contributed by atoms with Crippen LogP contribution in [0.15, 0.2) is 39.2 Å². The van der Waals surface area contributed by atoms with Gasteiger partial charge in [-0.25, -0.2) is 0 Å². The van der Waals surface area contributed by atoms with Crippen molar-refractivity contribution in [1.29, 1.82) is 0 Å². The Morgan fingerprint density at radius 2 is 1.85 bits per heavy atom. The number of allylic oxidation sites excluding steroid dienone is 2. The Kier molecular flexibility index (Phi) is 2.25. The highest BCUT2D eigenvalue weighted by molar-refractivity contribution is 5.98. The van der Waals surface area contributed by atoms with Gasteiger partial charge in [-0.3, -0.25) is 0 Å². The molecule has 0 unspecified atom stereocenters. The number of furan rings is 2. The minimum Gasteiger partial charge on any atom is -0.461 e. The highest BCUT2D eigenvalue weighted by Crippen LogP contribution is 2.42. The molecule has 0 radical (unpaired) electrons. The van der Waals surface area contributed by atoms with Gasteiger partial charge in [-0.2, -0.15) is 0 Å². The van der Waals surface area contributed by atoms with E-state index in [2.05, 4.69) is 38.1 Å². The van der Waals surface area contributed by atoms with Crippen LogP contribution in [-0.4, -0.2) is 0 Å². The van der Waals surface area contributed by atoms with Crippen molar-refractivity contribution >= 4 is 16.5 Å². The lowest BCUT2D eigenvalue weighted by atomic mass is 10.0. The largest absolute Gasteiger partial charge is 0.461 e. The van der Waals surface area contributed by atoms with Crippen molar-refractivity contribution in [2.45, 2.75) is 27.2 Å². The Balaban J connectivity index is 2.14. The second-order valence-electron chi connectivity index (χ2n) is 5.59. The van der Waals surface area contributed by atoms with Gasteiger partial charge in [0, 0.05) is 17.4 Å². The maximum Gasteiger partial charge on any atom is 0.145 e. The number of hydrogen-bond acceptors (Lipinski definition) is 2. The first-order valence-electron chi connectivity index (χ1n) is 6.93. The van der Waals surface area contributed by atoms with Crippen molar-refractivity contribution in [2.24, 2.45) is 0 Å². The summed E-state index contributed by atoms with van der Waals surface area (Å²) in [5.74, 6) is 2.89.